The Morgan fingerprint density at radius 1 is 1.21 bits per heavy atom. The van der Waals surface area contributed by atoms with Crippen LogP contribution >= 0.6 is 0 Å². The third kappa shape index (κ3) is 5.46. The molecule has 0 saturated carbocycles. The van der Waals surface area contributed by atoms with Gasteiger partial charge in [-0.25, -0.2) is 22.3 Å². The topological polar surface area (TPSA) is 95.6 Å². The predicted molar refractivity (Wildman–Crippen MR) is 111 cm³/mol. The molecular formula is C20H30FN3O4S. The smallest absolute Gasteiger partial charge is 0.332 e. The number of sulfonamides is 1. The minimum absolute atomic E-state index is 0.0777. The molecule has 0 spiro atoms. The van der Waals surface area contributed by atoms with Crippen molar-refractivity contribution in [2.75, 3.05) is 18.4 Å². The van der Waals surface area contributed by atoms with E-state index >= 15 is 0 Å². The van der Waals surface area contributed by atoms with Crippen molar-refractivity contribution < 1.29 is 22.4 Å². The first kappa shape index (κ1) is 23.1. The molecule has 0 aliphatic carbocycles. The second-order valence-corrected chi connectivity index (χ2v) is 9.92. The Kier molecular flexibility index (Phi) is 7.26. The van der Waals surface area contributed by atoms with Gasteiger partial charge < -0.3 is 10.2 Å². The van der Waals surface area contributed by atoms with Crippen LogP contribution < -0.4 is 10.0 Å². The van der Waals surface area contributed by atoms with Crippen molar-refractivity contribution in [2.24, 2.45) is 0 Å². The fourth-order valence-electron chi connectivity index (χ4n) is 3.51. The number of nitrogens with one attached hydrogen (secondary N) is 2. The van der Waals surface area contributed by atoms with E-state index in [0.29, 0.717) is 29.9 Å². The van der Waals surface area contributed by atoms with Crippen LogP contribution in [-0.4, -0.2) is 43.6 Å². The summed E-state index contributed by atoms with van der Waals surface area (Å²) in [5.41, 5.74) is 1.60. The summed E-state index contributed by atoms with van der Waals surface area (Å²) in [6, 6.07) is 1.78. The van der Waals surface area contributed by atoms with Crippen LogP contribution in [0.3, 0.4) is 0 Å². The molecule has 162 valence electrons. The highest BCUT2D eigenvalue weighted by Crippen LogP contribution is 2.33. The number of carbonyl (C=O) groups is 2. The summed E-state index contributed by atoms with van der Waals surface area (Å²) in [6.45, 7) is 10.2. The molecule has 0 radical (unpaired) electrons. The molecule has 3 amide bonds. The van der Waals surface area contributed by atoms with Gasteiger partial charge in [0.2, 0.25) is 15.9 Å². The summed E-state index contributed by atoms with van der Waals surface area (Å²) >= 11 is 0. The molecule has 1 aromatic rings. The van der Waals surface area contributed by atoms with Gasteiger partial charge in [-0.3, -0.25) is 4.79 Å². The first-order valence-corrected chi connectivity index (χ1v) is 11.4. The maximum Gasteiger partial charge on any atom is 0.332 e. The third-order valence-corrected chi connectivity index (χ3v) is 6.93. The van der Waals surface area contributed by atoms with Crippen LogP contribution in [0.4, 0.5) is 14.9 Å². The van der Waals surface area contributed by atoms with Crippen LogP contribution in [0.1, 0.15) is 70.4 Å². The lowest BCUT2D eigenvalue weighted by atomic mass is 9.92. The zero-order valence-electron chi connectivity index (χ0n) is 17.6. The Balaban J connectivity index is 2.22. The summed E-state index contributed by atoms with van der Waals surface area (Å²) in [6.07, 6.45) is 0.120. The zero-order valence-corrected chi connectivity index (χ0v) is 18.4. The minimum Gasteiger partial charge on any atom is -0.343 e. The van der Waals surface area contributed by atoms with Gasteiger partial charge in [-0.1, -0.05) is 27.7 Å². The van der Waals surface area contributed by atoms with Crippen LogP contribution in [0.15, 0.2) is 12.1 Å². The van der Waals surface area contributed by atoms with Crippen molar-refractivity contribution in [1.29, 1.82) is 0 Å². The fourth-order valence-corrected chi connectivity index (χ4v) is 4.76. The maximum absolute atomic E-state index is 14.0. The van der Waals surface area contributed by atoms with Crippen LogP contribution in [-0.2, 0) is 14.8 Å². The molecule has 9 heteroatoms. The van der Waals surface area contributed by atoms with E-state index in [-0.39, 0.29) is 30.6 Å². The number of nitrogens with zero attached hydrogens (tertiary/aromatic N) is 1. The lowest BCUT2D eigenvalue weighted by Crippen LogP contribution is -2.48. The first-order chi connectivity index (χ1) is 13.5. The maximum atomic E-state index is 14.0. The fraction of sp³-hybridized carbons (Fsp3) is 0.600. The molecule has 1 heterocycles. The van der Waals surface area contributed by atoms with Gasteiger partial charge in [0.1, 0.15) is 5.82 Å². The van der Waals surface area contributed by atoms with E-state index in [2.05, 4.69) is 5.32 Å². The highest BCUT2D eigenvalue weighted by Gasteiger charge is 2.35. The zero-order chi connectivity index (χ0) is 21.9. The van der Waals surface area contributed by atoms with E-state index in [1.54, 1.807) is 4.90 Å². The Labute approximate surface area is 172 Å². The minimum atomic E-state index is -4.03. The average Bonchev–Trinajstić information content (AvgIpc) is 2.61. The Morgan fingerprint density at radius 3 is 2.21 bits per heavy atom. The quantitative estimate of drug-likeness (QED) is 0.726. The van der Waals surface area contributed by atoms with Crippen molar-refractivity contribution in [2.45, 2.75) is 64.5 Å². The lowest BCUT2D eigenvalue weighted by Gasteiger charge is -2.30. The summed E-state index contributed by atoms with van der Waals surface area (Å²) < 4.78 is 41.3. The first-order valence-electron chi connectivity index (χ1n) is 9.90. The monoisotopic (exact) mass is 427 g/mol. The average molecular weight is 428 g/mol. The molecule has 1 fully saturated rings. The van der Waals surface area contributed by atoms with Gasteiger partial charge in [-0.15, -0.1) is 0 Å². The number of halogens is 1. The van der Waals surface area contributed by atoms with E-state index < -0.39 is 27.1 Å². The summed E-state index contributed by atoms with van der Waals surface area (Å²) in [5, 5.41) is 1.65. The molecule has 1 aliphatic rings. The molecule has 2 N–H and O–H groups in total. The molecule has 1 aromatic carbocycles. The van der Waals surface area contributed by atoms with Gasteiger partial charge in [-0.2, -0.15) is 0 Å². The standard InChI is InChI=1S/C20H30FN3O4S/c1-6-24-8-7-15(11-18(24)25)29(27,28)23-20(26)22-19-16(12(2)3)9-14(21)10-17(19)13(4)5/h9-10,12-13,15H,6-8,11H2,1-5H3,(H2,22,23,26). The van der Waals surface area contributed by atoms with E-state index in [0.717, 1.165) is 0 Å². The van der Waals surface area contributed by atoms with Gasteiger partial charge >= 0.3 is 6.03 Å². The number of benzene rings is 1. The Morgan fingerprint density at radius 2 is 1.76 bits per heavy atom. The van der Waals surface area contributed by atoms with Crippen molar-refractivity contribution >= 4 is 27.6 Å². The van der Waals surface area contributed by atoms with Gasteiger partial charge in [0.25, 0.3) is 0 Å². The molecule has 29 heavy (non-hydrogen) atoms. The van der Waals surface area contributed by atoms with Crippen molar-refractivity contribution in [3.05, 3.63) is 29.1 Å². The number of hydrogen-bond acceptors (Lipinski definition) is 4. The summed E-state index contributed by atoms with van der Waals surface area (Å²) in [7, 11) is -4.03. The number of carbonyl (C=O) groups excluding carboxylic acids is 2. The second kappa shape index (κ2) is 9.11. The SMILES string of the molecule is CCN1CCC(S(=O)(=O)NC(=O)Nc2c(C(C)C)cc(F)cc2C(C)C)CC1=O. The van der Waals surface area contributed by atoms with Gasteiger partial charge in [0, 0.05) is 25.2 Å². The molecule has 0 bridgehead atoms. The van der Waals surface area contributed by atoms with Crippen LogP contribution in [0, 0.1) is 5.82 Å². The van der Waals surface area contributed by atoms with Gasteiger partial charge in [0.05, 0.1) is 5.25 Å². The second-order valence-electron chi connectivity index (χ2n) is 7.96. The van der Waals surface area contributed by atoms with Crippen molar-refractivity contribution in [3.8, 4) is 0 Å². The molecule has 2 rings (SSSR count). The molecule has 1 unspecified atom stereocenters. The highest BCUT2D eigenvalue weighted by molar-refractivity contribution is 7.90. The van der Waals surface area contributed by atoms with E-state index in [4.69, 9.17) is 0 Å². The van der Waals surface area contributed by atoms with E-state index in [1.165, 1.54) is 12.1 Å². The van der Waals surface area contributed by atoms with Crippen molar-refractivity contribution in [1.82, 2.24) is 9.62 Å². The number of rotatable bonds is 6. The van der Waals surface area contributed by atoms with Crippen LogP contribution in [0.25, 0.3) is 0 Å². The molecule has 1 atom stereocenters. The largest absolute Gasteiger partial charge is 0.343 e. The van der Waals surface area contributed by atoms with Gasteiger partial charge in [-0.05, 0) is 48.4 Å². The van der Waals surface area contributed by atoms with E-state index in [1.807, 2.05) is 39.3 Å². The van der Waals surface area contributed by atoms with E-state index in [9.17, 15) is 22.4 Å². The highest BCUT2D eigenvalue weighted by atomic mass is 32.2. The normalized spacial score (nSPS) is 17.7. The number of amides is 3. The molecule has 0 aromatic heterocycles. The van der Waals surface area contributed by atoms with Crippen LogP contribution in [0.5, 0.6) is 0 Å². The summed E-state index contributed by atoms with van der Waals surface area (Å²) in [4.78, 5) is 26.1. The van der Waals surface area contributed by atoms with Crippen LogP contribution in [0.2, 0.25) is 0 Å². The summed E-state index contributed by atoms with van der Waals surface area (Å²) in [5.74, 6) is -0.799. The third-order valence-electron chi connectivity index (χ3n) is 5.18. The lowest BCUT2D eigenvalue weighted by molar-refractivity contribution is -0.132. The van der Waals surface area contributed by atoms with Crippen molar-refractivity contribution in [3.63, 3.8) is 0 Å². The Bertz CT molecular complexity index is 855. The van der Waals surface area contributed by atoms with Gasteiger partial charge in [0.15, 0.2) is 0 Å². The number of likely N-dealkylation sites (tertiary alicyclic amines) is 1. The molecule has 1 aliphatic heterocycles. The molecular weight excluding hydrogens is 397 g/mol. The molecule has 1 saturated heterocycles. The number of anilines is 1. The molecule has 7 nitrogen and oxygen atoms in total. The predicted octanol–water partition coefficient (Wildman–Crippen LogP) is 3.53. The number of urea groups is 1. The number of piperidine rings is 1. The Hall–Kier alpha value is -2.16. The number of hydrogen-bond donors (Lipinski definition) is 2.